The van der Waals surface area contributed by atoms with E-state index in [4.69, 9.17) is 9.47 Å². The molecular weight excluding hydrogens is 324 g/mol. The van der Waals surface area contributed by atoms with E-state index in [0.717, 1.165) is 0 Å². The summed E-state index contributed by atoms with van der Waals surface area (Å²) in [6.45, 7) is 7.85. The van der Waals surface area contributed by atoms with Crippen molar-refractivity contribution in [3.05, 3.63) is 42.1 Å². The maximum atomic E-state index is 12.0. The van der Waals surface area contributed by atoms with Gasteiger partial charge in [0, 0.05) is 31.0 Å². The minimum Gasteiger partial charge on any atom is -0.506 e. The average Bonchev–Trinajstić information content (AvgIpc) is 3.01. The second-order valence-corrected chi connectivity index (χ2v) is 5.41. The van der Waals surface area contributed by atoms with Gasteiger partial charge in [-0.05, 0) is 19.1 Å². The lowest BCUT2D eigenvalue weighted by Gasteiger charge is -2.19. The van der Waals surface area contributed by atoms with E-state index in [-0.39, 0.29) is 18.1 Å². The predicted molar refractivity (Wildman–Crippen MR) is 93.5 cm³/mol. The first-order valence-electron chi connectivity index (χ1n) is 7.98. The molecule has 1 unspecified atom stereocenters. The summed E-state index contributed by atoms with van der Waals surface area (Å²) in [7, 11) is 0. The van der Waals surface area contributed by atoms with E-state index in [9.17, 15) is 14.7 Å². The first-order chi connectivity index (χ1) is 12.0. The number of carbonyl (C=O) groups is 2. The van der Waals surface area contributed by atoms with Crippen LogP contribution in [0.4, 0.5) is 0 Å². The van der Waals surface area contributed by atoms with Crippen LogP contribution in [0.5, 0.6) is 5.75 Å². The number of H-pyrrole nitrogens is 1. The van der Waals surface area contributed by atoms with Gasteiger partial charge in [-0.1, -0.05) is 12.1 Å². The van der Waals surface area contributed by atoms with Crippen LogP contribution in [0, 0.1) is 0 Å². The Morgan fingerprint density at radius 2 is 2.20 bits per heavy atom. The number of aromatic amines is 1. The van der Waals surface area contributed by atoms with Crippen LogP contribution in [0.1, 0.15) is 36.0 Å². The lowest BCUT2D eigenvalue weighted by molar-refractivity contribution is -0.146. The van der Waals surface area contributed by atoms with E-state index in [0.29, 0.717) is 29.6 Å². The number of esters is 2. The molecule has 0 fully saturated rings. The molecule has 2 rings (SSSR count). The topological polar surface area (TPSA) is 101 Å². The molecule has 134 valence electrons. The molecular formula is C18H22N2O5. The fourth-order valence-corrected chi connectivity index (χ4v) is 2.56. The van der Waals surface area contributed by atoms with Crippen molar-refractivity contribution in [1.29, 1.82) is 0 Å². The van der Waals surface area contributed by atoms with Crippen LogP contribution >= 0.6 is 0 Å². The molecule has 1 atom stereocenters. The van der Waals surface area contributed by atoms with Crippen molar-refractivity contribution in [1.82, 2.24) is 10.3 Å². The van der Waals surface area contributed by atoms with Gasteiger partial charge in [0.05, 0.1) is 12.1 Å². The molecule has 7 nitrogen and oxygen atoms in total. The average molecular weight is 346 g/mol. The summed E-state index contributed by atoms with van der Waals surface area (Å²) in [5.74, 6) is -0.944. The number of phenolic OH excluding ortho intramolecular Hbond substituents is 1. The summed E-state index contributed by atoms with van der Waals surface area (Å²) in [6, 6.07) is 4.75. The number of nitrogens with one attached hydrogen (secondary N) is 2. The lowest BCUT2D eigenvalue weighted by Crippen LogP contribution is -2.24. The summed E-state index contributed by atoms with van der Waals surface area (Å²) < 4.78 is 10.4. The summed E-state index contributed by atoms with van der Waals surface area (Å²) >= 11 is 0. The van der Waals surface area contributed by atoms with Crippen LogP contribution in [0.25, 0.3) is 10.9 Å². The van der Waals surface area contributed by atoms with Crippen molar-refractivity contribution >= 4 is 22.8 Å². The van der Waals surface area contributed by atoms with E-state index in [1.165, 1.54) is 13.0 Å². The number of ether oxygens (including phenoxy) is 2. The van der Waals surface area contributed by atoms with Gasteiger partial charge in [0.25, 0.3) is 0 Å². The Bertz CT molecular complexity index is 781. The summed E-state index contributed by atoms with van der Waals surface area (Å²) in [6.07, 6.45) is 1.12. The number of fused-ring (bicyclic) bond motifs is 1. The summed E-state index contributed by atoms with van der Waals surface area (Å²) in [4.78, 5) is 26.3. The molecule has 0 aliphatic carbocycles. The number of benzene rings is 1. The van der Waals surface area contributed by atoms with Gasteiger partial charge in [0.2, 0.25) is 0 Å². The number of aromatic nitrogens is 1. The summed E-state index contributed by atoms with van der Waals surface area (Å²) in [5.41, 5.74) is 1.29. The second kappa shape index (κ2) is 8.34. The van der Waals surface area contributed by atoms with E-state index >= 15 is 0 Å². The third kappa shape index (κ3) is 4.39. The highest BCUT2D eigenvalue weighted by Crippen LogP contribution is 2.33. The standard InChI is InChI=1S/C18H22N2O5/c1-4-8-19-10-16(25-11(3)21)12-6-7-15(22)17-13(12)9-14(20-17)18(23)24-5-2/h4,6-7,9,16,19-20,22H,1,5,8,10H2,2-3H3. The van der Waals surface area contributed by atoms with Gasteiger partial charge in [-0.3, -0.25) is 4.79 Å². The first kappa shape index (κ1) is 18.5. The number of phenols is 1. The molecule has 2 aromatic rings. The van der Waals surface area contributed by atoms with Crippen LogP contribution in [0.3, 0.4) is 0 Å². The van der Waals surface area contributed by atoms with Crippen molar-refractivity contribution < 1.29 is 24.2 Å². The zero-order valence-corrected chi connectivity index (χ0v) is 14.3. The van der Waals surface area contributed by atoms with Gasteiger partial charge >= 0.3 is 11.9 Å². The zero-order valence-electron chi connectivity index (χ0n) is 14.3. The van der Waals surface area contributed by atoms with Gasteiger partial charge in [0.1, 0.15) is 17.5 Å². The third-order valence-corrected chi connectivity index (χ3v) is 3.57. The van der Waals surface area contributed by atoms with Gasteiger partial charge < -0.3 is 24.9 Å². The Balaban J connectivity index is 2.46. The monoisotopic (exact) mass is 346 g/mol. The van der Waals surface area contributed by atoms with E-state index in [2.05, 4.69) is 16.9 Å². The summed E-state index contributed by atoms with van der Waals surface area (Å²) in [5, 5.41) is 13.8. The Morgan fingerprint density at radius 1 is 1.44 bits per heavy atom. The Labute approximate surface area is 145 Å². The number of carbonyl (C=O) groups excluding carboxylic acids is 2. The fourth-order valence-electron chi connectivity index (χ4n) is 2.56. The predicted octanol–water partition coefficient (Wildman–Crippen LogP) is 2.43. The van der Waals surface area contributed by atoms with E-state index in [1.807, 2.05) is 0 Å². The molecule has 0 saturated heterocycles. The zero-order chi connectivity index (χ0) is 18.4. The third-order valence-electron chi connectivity index (χ3n) is 3.57. The minimum atomic E-state index is -0.577. The van der Waals surface area contributed by atoms with Crippen molar-refractivity contribution in [2.24, 2.45) is 0 Å². The van der Waals surface area contributed by atoms with Gasteiger partial charge in [-0.25, -0.2) is 4.79 Å². The Morgan fingerprint density at radius 3 is 2.84 bits per heavy atom. The van der Waals surface area contributed by atoms with Gasteiger partial charge in [-0.15, -0.1) is 6.58 Å². The fraction of sp³-hybridized carbons (Fsp3) is 0.333. The molecule has 7 heteroatoms. The van der Waals surface area contributed by atoms with Crippen LogP contribution in [0.15, 0.2) is 30.9 Å². The molecule has 0 saturated carbocycles. The van der Waals surface area contributed by atoms with Crippen LogP contribution in [0.2, 0.25) is 0 Å². The molecule has 3 N–H and O–H groups in total. The molecule has 0 amide bonds. The maximum absolute atomic E-state index is 12.0. The largest absolute Gasteiger partial charge is 0.506 e. The molecule has 0 bridgehead atoms. The second-order valence-electron chi connectivity index (χ2n) is 5.41. The highest BCUT2D eigenvalue weighted by atomic mass is 16.5. The molecule has 1 heterocycles. The van der Waals surface area contributed by atoms with Crippen LogP contribution < -0.4 is 5.32 Å². The van der Waals surface area contributed by atoms with Crippen LogP contribution in [-0.2, 0) is 14.3 Å². The highest BCUT2D eigenvalue weighted by Gasteiger charge is 2.21. The smallest absolute Gasteiger partial charge is 0.354 e. The number of hydrogen-bond donors (Lipinski definition) is 3. The molecule has 0 aliphatic heterocycles. The molecule has 25 heavy (non-hydrogen) atoms. The minimum absolute atomic E-state index is 0.00470. The Hall–Kier alpha value is -2.80. The SMILES string of the molecule is C=CCNCC(OC(C)=O)c1ccc(O)c2[nH]c(C(=O)OCC)cc12. The van der Waals surface area contributed by atoms with Crippen LogP contribution in [-0.4, -0.2) is 41.7 Å². The number of hydrogen-bond acceptors (Lipinski definition) is 6. The van der Waals surface area contributed by atoms with E-state index < -0.39 is 18.0 Å². The van der Waals surface area contributed by atoms with Gasteiger partial charge in [-0.2, -0.15) is 0 Å². The molecule has 1 aromatic heterocycles. The molecule has 0 spiro atoms. The quantitative estimate of drug-likeness (QED) is 0.386. The van der Waals surface area contributed by atoms with Crippen molar-refractivity contribution in [2.45, 2.75) is 20.0 Å². The molecule has 0 aliphatic rings. The first-order valence-corrected chi connectivity index (χ1v) is 7.98. The van der Waals surface area contributed by atoms with E-state index in [1.54, 1.807) is 25.1 Å². The van der Waals surface area contributed by atoms with Crippen molar-refractivity contribution in [3.63, 3.8) is 0 Å². The highest BCUT2D eigenvalue weighted by molar-refractivity contribution is 5.98. The van der Waals surface area contributed by atoms with Crippen molar-refractivity contribution in [3.8, 4) is 5.75 Å². The van der Waals surface area contributed by atoms with Gasteiger partial charge in [0.15, 0.2) is 0 Å². The molecule has 1 aromatic carbocycles. The Kier molecular flexibility index (Phi) is 6.19. The maximum Gasteiger partial charge on any atom is 0.354 e. The normalized spacial score (nSPS) is 11.9. The van der Waals surface area contributed by atoms with Crippen molar-refractivity contribution in [2.75, 3.05) is 19.7 Å². The lowest BCUT2D eigenvalue weighted by atomic mass is 10.0. The number of rotatable bonds is 8. The molecule has 0 radical (unpaired) electrons. The number of aromatic hydroxyl groups is 1.